The van der Waals surface area contributed by atoms with E-state index in [1.165, 1.54) is 11.1 Å². The fourth-order valence-electron chi connectivity index (χ4n) is 5.59. The predicted octanol–water partition coefficient (Wildman–Crippen LogP) is 4.53. The van der Waals surface area contributed by atoms with Gasteiger partial charge >= 0.3 is 0 Å². The number of hydrogen-bond acceptors (Lipinski definition) is 6. The number of nitrogens with one attached hydrogen (secondary N) is 1. The summed E-state index contributed by atoms with van der Waals surface area (Å²) in [6.07, 6.45) is 2.70. The van der Waals surface area contributed by atoms with E-state index in [2.05, 4.69) is 63.7 Å². The van der Waals surface area contributed by atoms with E-state index < -0.39 is 0 Å². The average Bonchev–Trinajstić information content (AvgIpc) is 3.53. The van der Waals surface area contributed by atoms with Crippen LogP contribution in [0.1, 0.15) is 46.2 Å². The summed E-state index contributed by atoms with van der Waals surface area (Å²) in [6.45, 7) is 3.01. The van der Waals surface area contributed by atoms with E-state index in [1.54, 1.807) is 13.4 Å². The predicted molar refractivity (Wildman–Crippen MR) is 146 cm³/mol. The highest BCUT2D eigenvalue weighted by Gasteiger charge is 2.28. The number of likely N-dealkylation sites (tertiary alicyclic amines) is 1. The molecule has 0 aliphatic carbocycles. The molecule has 0 amide bonds. The molecule has 7 nitrogen and oxygen atoms in total. The van der Waals surface area contributed by atoms with E-state index >= 15 is 0 Å². The average molecular weight is 509 g/mol. The summed E-state index contributed by atoms with van der Waals surface area (Å²) in [6, 6.07) is 24.6. The maximum absolute atomic E-state index is 13.4. The van der Waals surface area contributed by atoms with Crippen molar-refractivity contribution in [1.29, 1.82) is 0 Å². The molecule has 0 bridgehead atoms. The smallest absolute Gasteiger partial charge is 0.183 e. The van der Waals surface area contributed by atoms with Crippen LogP contribution in [0, 0.1) is 0 Å². The number of methoxy groups -OCH3 is 1. The number of nitrogens with zero attached hydrogens (tertiary/aromatic N) is 3. The van der Waals surface area contributed by atoms with Gasteiger partial charge in [-0.1, -0.05) is 48.5 Å². The van der Waals surface area contributed by atoms with Gasteiger partial charge < -0.3 is 15.2 Å². The number of aromatic nitrogens is 2. The first-order valence-electron chi connectivity index (χ1n) is 13.1. The van der Waals surface area contributed by atoms with Crippen LogP contribution in [0.2, 0.25) is 0 Å². The largest absolute Gasteiger partial charge is 0.497 e. The first-order chi connectivity index (χ1) is 18.6. The number of ether oxygens (including phenoxy) is 1. The second-order valence-corrected chi connectivity index (χ2v) is 10.1. The second kappa shape index (κ2) is 10.5. The van der Waals surface area contributed by atoms with Crippen molar-refractivity contribution < 1.29 is 14.6 Å². The Kier molecular flexibility index (Phi) is 6.81. The highest BCUT2D eigenvalue weighted by molar-refractivity contribution is 5.97. The van der Waals surface area contributed by atoms with Gasteiger partial charge in [0, 0.05) is 44.3 Å². The van der Waals surface area contributed by atoms with Gasteiger partial charge in [0.15, 0.2) is 5.78 Å². The Hall–Kier alpha value is -3.78. The van der Waals surface area contributed by atoms with Crippen molar-refractivity contribution in [1.82, 2.24) is 19.8 Å². The zero-order chi connectivity index (χ0) is 26.1. The number of fused-ring (bicyclic) bond motifs is 1. The SMILES string of the molecule is COc1ccc(-n2cnc3c2C(=O)CC(c2ccc(-c4ccccc4CN4CC[C@@H](O)C4)cc2)NC3)cc1. The minimum atomic E-state index is -0.221. The van der Waals surface area contributed by atoms with Crippen LogP contribution >= 0.6 is 0 Å². The van der Waals surface area contributed by atoms with Crippen LogP contribution in [0.15, 0.2) is 79.1 Å². The van der Waals surface area contributed by atoms with Gasteiger partial charge in [-0.2, -0.15) is 0 Å². The molecule has 3 aromatic carbocycles. The van der Waals surface area contributed by atoms with Gasteiger partial charge in [-0.15, -0.1) is 0 Å². The standard InChI is InChI=1S/C31H32N4O3/c1-38-26-12-10-24(11-13-26)35-20-33-29-17-32-28(16-30(37)31(29)35)22-8-6-21(7-9-22)27-5-3-2-4-23(27)18-34-15-14-25(36)19-34/h2-13,20,25,28,32,36H,14-19H2,1H3/t25-,28?/m1/s1. The van der Waals surface area contributed by atoms with Crippen LogP contribution in [0.25, 0.3) is 16.8 Å². The van der Waals surface area contributed by atoms with E-state index in [-0.39, 0.29) is 17.9 Å². The van der Waals surface area contributed by atoms with Gasteiger partial charge in [0.05, 0.1) is 18.9 Å². The molecule has 2 aliphatic heterocycles. The van der Waals surface area contributed by atoms with Crippen molar-refractivity contribution in [2.45, 2.75) is 38.1 Å². The number of Topliss-reactive ketones (excluding diaryl/α,β-unsaturated/α-hetero) is 1. The van der Waals surface area contributed by atoms with Crippen molar-refractivity contribution >= 4 is 5.78 Å². The van der Waals surface area contributed by atoms with Crippen LogP contribution in [0.5, 0.6) is 5.75 Å². The van der Waals surface area contributed by atoms with Gasteiger partial charge in [0.25, 0.3) is 0 Å². The third-order valence-corrected chi connectivity index (χ3v) is 7.65. The monoisotopic (exact) mass is 508 g/mol. The molecule has 194 valence electrons. The molecule has 1 saturated heterocycles. The topological polar surface area (TPSA) is 79.6 Å². The molecule has 2 aliphatic rings. The number of benzene rings is 3. The molecule has 4 aromatic rings. The molecule has 2 atom stereocenters. The molecule has 6 rings (SSSR count). The molecule has 1 unspecified atom stereocenters. The Balaban J connectivity index is 1.20. The van der Waals surface area contributed by atoms with Crippen molar-refractivity contribution in [2.24, 2.45) is 0 Å². The van der Waals surface area contributed by atoms with Crippen molar-refractivity contribution in [2.75, 3.05) is 20.2 Å². The van der Waals surface area contributed by atoms with E-state index in [1.807, 2.05) is 28.8 Å². The third-order valence-electron chi connectivity index (χ3n) is 7.65. The third kappa shape index (κ3) is 4.88. The number of rotatable bonds is 6. The Morgan fingerprint density at radius 2 is 1.84 bits per heavy atom. The summed E-state index contributed by atoms with van der Waals surface area (Å²) < 4.78 is 7.14. The maximum Gasteiger partial charge on any atom is 0.183 e. The quantitative estimate of drug-likeness (QED) is 0.398. The number of aliphatic hydroxyl groups is 1. The van der Waals surface area contributed by atoms with Crippen molar-refractivity contribution in [3.8, 4) is 22.6 Å². The fourth-order valence-corrected chi connectivity index (χ4v) is 5.59. The molecule has 0 spiro atoms. The minimum Gasteiger partial charge on any atom is -0.497 e. The zero-order valence-corrected chi connectivity index (χ0v) is 21.5. The highest BCUT2D eigenvalue weighted by Crippen LogP contribution is 2.30. The van der Waals surface area contributed by atoms with Gasteiger partial charge in [-0.3, -0.25) is 14.3 Å². The van der Waals surface area contributed by atoms with Crippen LogP contribution in [-0.4, -0.2) is 51.6 Å². The zero-order valence-electron chi connectivity index (χ0n) is 21.5. The number of ketones is 1. The van der Waals surface area contributed by atoms with E-state index in [0.717, 1.165) is 54.3 Å². The number of imidazole rings is 1. The molecule has 3 heterocycles. The minimum absolute atomic E-state index is 0.0746. The van der Waals surface area contributed by atoms with Gasteiger partial charge in [0.1, 0.15) is 17.8 Å². The van der Waals surface area contributed by atoms with Crippen LogP contribution in [0.4, 0.5) is 0 Å². The van der Waals surface area contributed by atoms with Crippen molar-refractivity contribution in [3.63, 3.8) is 0 Å². The summed E-state index contributed by atoms with van der Waals surface area (Å²) in [5.74, 6) is 0.847. The van der Waals surface area contributed by atoms with E-state index in [0.29, 0.717) is 18.7 Å². The Morgan fingerprint density at radius 3 is 2.58 bits per heavy atom. The number of carbonyl (C=O) groups is 1. The number of β-amino-alcohol motifs (C(OH)–C–C–N with tert-alkyl or cyclic N) is 1. The molecular weight excluding hydrogens is 476 g/mol. The summed E-state index contributed by atoms with van der Waals surface area (Å²) in [7, 11) is 1.64. The first kappa shape index (κ1) is 24.6. The molecule has 1 fully saturated rings. The van der Waals surface area contributed by atoms with Crippen LogP contribution in [0.3, 0.4) is 0 Å². The molecule has 1 aromatic heterocycles. The molecule has 2 N–H and O–H groups in total. The number of hydrogen-bond donors (Lipinski definition) is 2. The lowest BCUT2D eigenvalue weighted by molar-refractivity contribution is 0.0966. The first-order valence-corrected chi connectivity index (χ1v) is 13.1. The lowest BCUT2D eigenvalue weighted by atomic mass is 9.95. The Labute approximate surface area is 222 Å². The normalized spacial score (nSPS) is 19.8. The summed E-state index contributed by atoms with van der Waals surface area (Å²) in [4.78, 5) is 20.3. The second-order valence-electron chi connectivity index (χ2n) is 10.1. The maximum atomic E-state index is 13.4. The van der Waals surface area contributed by atoms with E-state index in [4.69, 9.17) is 4.74 Å². The molecule has 38 heavy (non-hydrogen) atoms. The summed E-state index contributed by atoms with van der Waals surface area (Å²) in [5, 5.41) is 13.5. The van der Waals surface area contributed by atoms with Crippen LogP contribution < -0.4 is 10.1 Å². The molecule has 0 radical (unpaired) electrons. The van der Waals surface area contributed by atoms with Crippen LogP contribution in [-0.2, 0) is 13.1 Å². The summed E-state index contributed by atoms with van der Waals surface area (Å²) >= 11 is 0. The molecular formula is C31H32N4O3. The summed E-state index contributed by atoms with van der Waals surface area (Å²) in [5.41, 5.74) is 7.00. The Bertz CT molecular complexity index is 1430. The lowest BCUT2D eigenvalue weighted by Gasteiger charge is -2.19. The Morgan fingerprint density at radius 1 is 1.05 bits per heavy atom. The van der Waals surface area contributed by atoms with E-state index in [9.17, 15) is 9.90 Å². The van der Waals surface area contributed by atoms with Gasteiger partial charge in [-0.05, 0) is 52.9 Å². The van der Waals surface area contributed by atoms with Gasteiger partial charge in [-0.25, -0.2) is 4.98 Å². The van der Waals surface area contributed by atoms with Gasteiger partial charge in [0.2, 0.25) is 0 Å². The number of aliphatic hydroxyl groups excluding tert-OH is 1. The van der Waals surface area contributed by atoms with Crippen molar-refractivity contribution in [3.05, 3.63) is 102 Å². The fraction of sp³-hybridized carbons (Fsp3) is 0.290. The lowest BCUT2D eigenvalue weighted by Crippen LogP contribution is -2.21. The highest BCUT2D eigenvalue weighted by atomic mass is 16.5. The molecule has 7 heteroatoms. The number of carbonyl (C=O) groups excluding carboxylic acids is 1. The molecule has 0 saturated carbocycles.